The second kappa shape index (κ2) is 3.77. The van der Waals surface area contributed by atoms with Gasteiger partial charge in [-0.25, -0.2) is 4.21 Å². The molecule has 0 unspecified atom stereocenters. The summed E-state index contributed by atoms with van der Waals surface area (Å²) >= 11 is 0.207. The Balaban J connectivity index is 3.26. The molecule has 0 aliphatic rings. The molecule has 0 saturated carbocycles. The molecule has 4 nitrogen and oxygen atoms in total. The van der Waals surface area contributed by atoms with Crippen molar-refractivity contribution in [2.45, 2.75) is 0 Å². The van der Waals surface area contributed by atoms with E-state index in [0.29, 0.717) is 5.56 Å². The quantitative estimate of drug-likeness (QED) is 0.389. The lowest BCUT2D eigenvalue weighted by molar-refractivity contribution is -0.385. The van der Waals surface area contributed by atoms with Crippen LogP contribution in [-0.2, 0) is 11.3 Å². The Kier molecular flexibility index (Phi) is 2.71. The predicted octanol–water partition coefficient (Wildman–Crippen LogP) is 0.958. The number of nitro benzene ring substituents is 1. The van der Waals surface area contributed by atoms with Crippen molar-refractivity contribution in [1.82, 2.24) is 0 Å². The van der Waals surface area contributed by atoms with Crippen LogP contribution in [0.3, 0.4) is 0 Å². The van der Waals surface area contributed by atoms with Crippen LogP contribution in [0.4, 0.5) is 5.69 Å². The highest BCUT2D eigenvalue weighted by Gasteiger charge is 2.08. The fourth-order valence-electron chi connectivity index (χ4n) is 0.805. The van der Waals surface area contributed by atoms with Crippen molar-refractivity contribution in [3.63, 3.8) is 0 Å². The van der Waals surface area contributed by atoms with Crippen molar-refractivity contribution in [3.8, 4) is 0 Å². The maximum atomic E-state index is 10.4. The fraction of sp³-hybridized carbons (Fsp3) is 0. The van der Waals surface area contributed by atoms with Crippen LogP contribution in [0.5, 0.6) is 0 Å². The van der Waals surface area contributed by atoms with E-state index in [4.69, 9.17) is 0 Å². The molecule has 0 radical (unpaired) electrons. The van der Waals surface area contributed by atoms with Crippen LogP contribution in [0.15, 0.2) is 24.3 Å². The summed E-state index contributed by atoms with van der Waals surface area (Å²) in [5.74, 6) is 0. The standard InChI is InChI=1S/C7H5NO3S/c9-8(10)7-4-2-1-3-6(7)5-12-11/h1-5H. The van der Waals surface area contributed by atoms with Gasteiger partial charge < -0.3 is 0 Å². The van der Waals surface area contributed by atoms with Crippen LogP contribution in [0.2, 0.25) is 0 Å². The number of rotatable bonds is 2. The summed E-state index contributed by atoms with van der Waals surface area (Å²) < 4.78 is 10.1. The molecule has 0 aliphatic heterocycles. The van der Waals surface area contributed by atoms with Crippen molar-refractivity contribution >= 4 is 22.3 Å². The minimum Gasteiger partial charge on any atom is -0.258 e. The topological polar surface area (TPSA) is 60.2 Å². The highest BCUT2D eigenvalue weighted by molar-refractivity contribution is 7.65. The van der Waals surface area contributed by atoms with E-state index in [1.54, 1.807) is 12.1 Å². The first-order valence-electron chi connectivity index (χ1n) is 3.11. The van der Waals surface area contributed by atoms with Crippen molar-refractivity contribution in [2.24, 2.45) is 0 Å². The van der Waals surface area contributed by atoms with E-state index in [0.717, 1.165) is 0 Å². The molecule has 62 valence electrons. The fourth-order valence-corrected chi connectivity index (χ4v) is 1.11. The molecular weight excluding hydrogens is 178 g/mol. The minimum atomic E-state index is -0.512. The Morgan fingerprint density at radius 2 is 2.08 bits per heavy atom. The number of nitro groups is 1. The van der Waals surface area contributed by atoms with Gasteiger partial charge in [-0.05, 0) is 6.07 Å². The zero-order valence-electron chi connectivity index (χ0n) is 5.97. The summed E-state index contributed by atoms with van der Waals surface area (Å²) in [6.07, 6.45) is 0. The van der Waals surface area contributed by atoms with Gasteiger partial charge in [-0.2, -0.15) is 0 Å². The summed E-state index contributed by atoms with van der Waals surface area (Å²) in [5, 5.41) is 11.6. The monoisotopic (exact) mass is 183 g/mol. The first-order chi connectivity index (χ1) is 5.75. The van der Waals surface area contributed by atoms with E-state index in [2.05, 4.69) is 0 Å². The van der Waals surface area contributed by atoms with Crippen molar-refractivity contribution in [3.05, 3.63) is 39.9 Å². The van der Waals surface area contributed by atoms with E-state index in [1.807, 2.05) is 0 Å². The van der Waals surface area contributed by atoms with Crippen LogP contribution in [0.25, 0.3) is 0 Å². The van der Waals surface area contributed by atoms with Gasteiger partial charge in [-0.1, -0.05) is 12.1 Å². The SMILES string of the molecule is O=S=Cc1ccccc1[N+](=O)[O-]. The molecule has 12 heavy (non-hydrogen) atoms. The van der Waals surface area contributed by atoms with Gasteiger partial charge in [-0.15, -0.1) is 0 Å². The number of nitrogens with zero attached hydrogens (tertiary/aromatic N) is 1. The van der Waals surface area contributed by atoms with Crippen molar-refractivity contribution < 1.29 is 9.13 Å². The first-order valence-corrected chi connectivity index (χ1v) is 3.91. The Morgan fingerprint density at radius 1 is 1.42 bits per heavy atom. The Labute approximate surface area is 72.1 Å². The average molecular weight is 183 g/mol. The van der Waals surface area contributed by atoms with E-state index in [9.17, 15) is 14.3 Å². The van der Waals surface area contributed by atoms with Gasteiger partial charge in [0.1, 0.15) is 0 Å². The van der Waals surface area contributed by atoms with Gasteiger partial charge in [0.05, 0.1) is 21.7 Å². The molecule has 0 bridgehead atoms. The Bertz CT molecular complexity index is 336. The lowest BCUT2D eigenvalue weighted by Gasteiger charge is -1.92. The zero-order chi connectivity index (χ0) is 8.97. The van der Waals surface area contributed by atoms with Gasteiger partial charge in [0.2, 0.25) is 0 Å². The Hall–Kier alpha value is -1.49. The maximum absolute atomic E-state index is 10.4. The van der Waals surface area contributed by atoms with Crippen molar-refractivity contribution in [2.75, 3.05) is 0 Å². The van der Waals surface area contributed by atoms with Gasteiger partial charge in [0, 0.05) is 11.4 Å². The molecular formula is C7H5NO3S. The van der Waals surface area contributed by atoms with Crippen LogP contribution >= 0.6 is 0 Å². The van der Waals surface area contributed by atoms with Gasteiger partial charge >= 0.3 is 0 Å². The molecule has 1 aromatic carbocycles. The second-order valence-electron chi connectivity index (χ2n) is 2.03. The third-order valence-corrected chi connectivity index (χ3v) is 1.66. The molecule has 0 N–H and O–H groups in total. The van der Waals surface area contributed by atoms with E-state index < -0.39 is 4.92 Å². The lowest BCUT2D eigenvalue weighted by atomic mass is 10.2. The summed E-state index contributed by atoms with van der Waals surface area (Å²) in [5.41, 5.74) is 0.309. The van der Waals surface area contributed by atoms with Gasteiger partial charge in [-0.3, -0.25) is 10.1 Å². The molecule has 0 saturated heterocycles. The molecule has 1 rings (SSSR count). The minimum absolute atomic E-state index is 0.0409. The molecule has 0 atom stereocenters. The largest absolute Gasteiger partial charge is 0.277 e. The maximum Gasteiger partial charge on any atom is 0.277 e. The molecule has 0 aromatic heterocycles. The zero-order valence-corrected chi connectivity index (χ0v) is 6.78. The lowest BCUT2D eigenvalue weighted by Crippen LogP contribution is -1.93. The van der Waals surface area contributed by atoms with E-state index >= 15 is 0 Å². The third kappa shape index (κ3) is 1.76. The van der Waals surface area contributed by atoms with Crippen LogP contribution < -0.4 is 0 Å². The summed E-state index contributed by atoms with van der Waals surface area (Å²) in [6, 6.07) is 6.10. The van der Waals surface area contributed by atoms with Gasteiger partial charge in [0.15, 0.2) is 0 Å². The average Bonchev–Trinajstić information content (AvgIpc) is 2.05. The summed E-state index contributed by atoms with van der Waals surface area (Å²) in [7, 11) is 0. The van der Waals surface area contributed by atoms with Gasteiger partial charge in [0.25, 0.3) is 5.69 Å². The van der Waals surface area contributed by atoms with E-state index in [-0.39, 0.29) is 16.9 Å². The predicted molar refractivity (Wildman–Crippen MR) is 46.4 cm³/mol. The highest BCUT2D eigenvalue weighted by atomic mass is 32.1. The number of para-hydroxylation sites is 1. The molecule has 0 spiro atoms. The molecule has 0 aliphatic carbocycles. The molecule has 0 heterocycles. The highest BCUT2D eigenvalue weighted by Crippen LogP contribution is 2.14. The normalized spacial score (nSPS) is 9.00. The van der Waals surface area contributed by atoms with Crippen molar-refractivity contribution in [1.29, 1.82) is 0 Å². The molecule has 5 heteroatoms. The summed E-state index contributed by atoms with van der Waals surface area (Å²) in [6.45, 7) is 0. The first kappa shape index (κ1) is 8.61. The third-order valence-electron chi connectivity index (χ3n) is 1.31. The Morgan fingerprint density at radius 3 is 2.67 bits per heavy atom. The molecule has 0 amide bonds. The molecule has 1 aromatic rings. The second-order valence-corrected chi connectivity index (χ2v) is 2.46. The number of hydrogen-bond acceptors (Lipinski definition) is 3. The number of hydrogen-bond donors (Lipinski definition) is 0. The smallest absolute Gasteiger partial charge is 0.258 e. The summed E-state index contributed by atoms with van der Waals surface area (Å²) in [4.78, 5) is 9.86. The van der Waals surface area contributed by atoms with Crippen LogP contribution in [-0.4, -0.2) is 14.5 Å². The van der Waals surface area contributed by atoms with Crippen LogP contribution in [0, 0.1) is 10.1 Å². The van der Waals surface area contributed by atoms with Crippen LogP contribution in [0.1, 0.15) is 5.56 Å². The van der Waals surface area contributed by atoms with E-state index in [1.165, 1.54) is 17.5 Å². The number of benzene rings is 1. The molecule has 0 fully saturated rings.